The average molecular weight is 372 g/mol. The number of esters is 1. The fraction of sp³-hybridized carbons (Fsp3) is 0.600. The molecule has 1 aromatic rings. The molecule has 0 saturated carbocycles. The van der Waals surface area contributed by atoms with E-state index in [2.05, 4.69) is 20.5 Å². The Balaban J connectivity index is 2.96. The normalized spacial score (nSPS) is 13.3. The Hall–Kier alpha value is -2.23. The van der Waals surface area contributed by atoms with Crippen LogP contribution in [-0.2, 0) is 19.7 Å². The number of thioether (sulfide) groups is 1. The predicted octanol–water partition coefficient (Wildman–Crippen LogP) is 2.82. The zero-order valence-electron chi connectivity index (χ0n) is 15.2. The molecular weight excluding hydrogens is 348 g/mol. The quantitative estimate of drug-likeness (QED) is 0.255. The van der Waals surface area contributed by atoms with Crippen LogP contribution in [0.1, 0.15) is 40.5 Å². The van der Waals surface area contributed by atoms with Gasteiger partial charge in [-0.05, 0) is 25.6 Å². The van der Waals surface area contributed by atoms with Crippen LogP contribution in [0, 0.1) is 0 Å². The van der Waals surface area contributed by atoms with E-state index in [1.165, 1.54) is 7.05 Å². The van der Waals surface area contributed by atoms with E-state index in [1.807, 2.05) is 20.8 Å². The molecule has 10 heteroatoms. The third-order valence-electron chi connectivity index (χ3n) is 2.62. The number of ether oxygens (including phenoxy) is 2. The van der Waals surface area contributed by atoms with Crippen molar-refractivity contribution in [2.75, 3.05) is 25.6 Å². The van der Waals surface area contributed by atoms with Crippen LogP contribution < -0.4 is 5.32 Å². The summed E-state index contributed by atoms with van der Waals surface area (Å²) in [5, 5.41) is 20.8. The summed E-state index contributed by atoms with van der Waals surface area (Å²) in [6, 6.07) is 0.122. The van der Waals surface area contributed by atoms with Gasteiger partial charge in [0.1, 0.15) is 0 Å². The van der Waals surface area contributed by atoms with E-state index in [1.54, 1.807) is 13.8 Å². The molecule has 140 valence electrons. The molecule has 1 rings (SSSR count). The van der Waals surface area contributed by atoms with Gasteiger partial charge < -0.3 is 19.0 Å². The molecule has 0 aromatic carbocycles. The van der Waals surface area contributed by atoms with E-state index < -0.39 is 11.9 Å². The zero-order valence-corrected chi connectivity index (χ0v) is 16.1. The van der Waals surface area contributed by atoms with Gasteiger partial charge in [0.15, 0.2) is 10.1 Å². The fourth-order valence-electron chi connectivity index (χ4n) is 1.46. The molecule has 0 unspecified atom stereocenters. The maximum absolute atomic E-state index is 12.0. The van der Waals surface area contributed by atoms with Crippen LogP contribution in [0.4, 0.5) is 6.01 Å². The lowest BCUT2D eigenvalue weighted by atomic mass is 9.97. The number of aromatic nitrogens is 2. The van der Waals surface area contributed by atoms with Gasteiger partial charge in [0.2, 0.25) is 5.89 Å². The van der Waals surface area contributed by atoms with Crippen molar-refractivity contribution in [3.63, 3.8) is 0 Å². The average Bonchev–Trinajstić information content (AvgIpc) is 3.00. The maximum Gasteiger partial charge on any atom is 0.352 e. The lowest BCUT2D eigenvalue weighted by molar-refractivity contribution is -0.138. The number of rotatable bonds is 6. The summed E-state index contributed by atoms with van der Waals surface area (Å²) in [4.78, 5) is 15.9. The molecule has 0 aliphatic heterocycles. The van der Waals surface area contributed by atoms with Crippen LogP contribution >= 0.6 is 11.8 Å². The number of hydrogen-bond acceptors (Lipinski definition) is 9. The fourth-order valence-corrected chi connectivity index (χ4v) is 2.18. The smallest absolute Gasteiger partial charge is 0.352 e. The second-order valence-corrected chi connectivity index (χ2v) is 6.71. The van der Waals surface area contributed by atoms with Crippen LogP contribution in [0.25, 0.3) is 0 Å². The van der Waals surface area contributed by atoms with Crippen molar-refractivity contribution in [3.8, 4) is 0 Å². The maximum atomic E-state index is 12.0. The van der Waals surface area contributed by atoms with Crippen molar-refractivity contribution >= 4 is 28.9 Å². The Labute approximate surface area is 150 Å². The van der Waals surface area contributed by atoms with Crippen LogP contribution in [0.5, 0.6) is 0 Å². The molecule has 0 fully saturated rings. The highest BCUT2D eigenvalue weighted by atomic mass is 32.2. The van der Waals surface area contributed by atoms with Gasteiger partial charge in [-0.1, -0.05) is 25.9 Å². The van der Waals surface area contributed by atoms with Gasteiger partial charge in [0, 0.05) is 12.5 Å². The molecular formula is C15H24N4O5S. The van der Waals surface area contributed by atoms with Crippen molar-refractivity contribution in [2.45, 2.75) is 40.0 Å². The van der Waals surface area contributed by atoms with E-state index in [0.717, 1.165) is 11.8 Å². The van der Waals surface area contributed by atoms with Crippen LogP contribution in [0.2, 0.25) is 0 Å². The highest BCUT2D eigenvalue weighted by molar-refractivity contribution is 8.18. The van der Waals surface area contributed by atoms with Gasteiger partial charge in [0.05, 0.1) is 13.2 Å². The van der Waals surface area contributed by atoms with Crippen molar-refractivity contribution in [3.05, 3.63) is 16.7 Å². The number of anilines is 1. The van der Waals surface area contributed by atoms with Crippen LogP contribution in [0.15, 0.2) is 20.3 Å². The van der Waals surface area contributed by atoms with Crippen molar-refractivity contribution in [1.29, 1.82) is 0 Å². The van der Waals surface area contributed by atoms with Gasteiger partial charge in [-0.3, -0.25) is 10.3 Å². The molecule has 0 aliphatic carbocycles. The number of carbonyl (C=O) groups excluding carboxylic acids is 1. The van der Waals surface area contributed by atoms with Crippen molar-refractivity contribution in [1.82, 2.24) is 10.2 Å². The summed E-state index contributed by atoms with van der Waals surface area (Å²) >= 11 is 0.839. The third-order valence-corrected chi connectivity index (χ3v) is 3.64. The molecule has 25 heavy (non-hydrogen) atoms. The van der Waals surface area contributed by atoms with Crippen molar-refractivity contribution in [2.24, 2.45) is 4.99 Å². The van der Waals surface area contributed by atoms with E-state index in [-0.39, 0.29) is 34.7 Å². The lowest BCUT2D eigenvalue weighted by Gasteiger charge is -2.12. The molecule has 1 aromatic heterocycles. The minimum atomic E-state index is -0.720. The highest BCUT2D eigenvalue weighted by Crippen LogP contribution is 2.26. The first-order chi connectivity index (χ1) is 11.7. The summed E-state index contributed by atoms with van der Waals surface area (Å²) in [7, 11) is 1.51. The first kappa shape index (κ1) is 20.8. The number of aliphatic hydroxyl groups is 1. The Morgan fingerprint density at radius 1 is 1.28 bits per heavy atom. The molecule has 0 radical (unpaired) electrons. The van der Waals surface area contributed by atoms with Crippen LogP contribution in [-0.4, -0.2) is 46.7 Å². The third kappa shape index (κ3) is 6.29. The molecule has 0 aliphatic rings. The van der Waals surface area contributed by atoms with E-state index in [4.69, 9.17) is 13.9 Å². The number of amidine groups is 1. The number of nitrogens with zero attached hydrogens (tertiary/aromatic N) is 3. The monoisotopic (exact) mass is 372 g/mol. The zero-order chi connectivity index (χ0) is 19.0. The predicted molar refractivity (Wildman–Crippen MR) is 95.5 cm³/mol. The first-order valence-corrected chi connectivity index (χ1v) is 8.53. The summed E-state index contributed by atoms with van der Waals surface area (Å²) in [6.45, 7) is 9.52. The Kier molecular flexibility index (Phi) is 7.75. The SMILES string of the molecule is CCOC(=O)/C(SC(=NC)Nc1nnc(C(C)(C)C)o1)=C(/O)OCC. The van der Waals surface area contributed by atoms with Gasteiger partial charge in [-0.15, -0.1) is 5.10 Å². The molecule has 0 amide bonds. The largest absolute Gasteiger partial charge is 0.480 e. The molecule has 0 spiro atoms. The Morgan fingerprint density at radius 3 is 2.40 bits per heavy atom. The lowest BCUT2D eigenvalue weighted by Crippen LogP contribution is -2.15. The summed E-state index contributed by atoms with van der Waals surface area (Å²) in [5.41, 5.74) is -0.299. The number of aliphatic hydroxyl groups excluding tert-OH is 1. The van der Waals surface area contributed by atoms with Gasteiger partial charge in [-0.2, -0.15) is 0 Å². The summed E-state index contributed by atoms with van der Waals surface area (Å²) in [5.74, 6) is -0.800. The second kappa shape index (κ2) is 9.30. The minimum absolute atomic E-state index is 0.122. The van der Waals surface area contributed by atoms with Gasteiger partial charge in [0.25, 0.3) is 5.95 Å². The van der Waals surface area contributed by atoms with E-state index in [9.17, 15) is 9.90 Å². The number of aliphatic imine (C=N–C) groups is 1. The molecule has 0 saturated heterocycles. The summed E-state index contributed by atoms with van der Waals surface area (Å²) < 4.78 is 15.4. The van der Waals surface area contributed by atoms with Gasteiger partial charge in [-0.25, -0.2) is 4.79 Å². The molecule has 0 atom stereocenters. The standard InChI is InChI=1S/C15H24N4O5S/c1-7-22-10(20)9(11(21)23-8-2)25-14(16-6)17-13-19-18-12(24-13)15(3,4)5/h20H,7-8H2,1-6H3,(H,16,17,19)/b10-9+. The van der Waals surface area contributed by atoms with E-state index >= 15 is 0 Å². The van der Waals surface area contributed by atoms with Crippen molar-refractivity contribution < 1.29 is 23.8 Å². The number of carbonyl (C=O) groups is 1. The van der Waals surface area contributed by atoms with Crippen LogP contribution in [0.3, 0.4) is 0 Å². The molecule has 1 heterocycles. The molecule has 9 nitrogen and oxygen atoms in total. The Bertz CT molecular complexity index is 649. The van der Waals surface area contributed by atoms with E-state index in [0.29, 0.717) is 5.89 Å². The second-order valence-electron chi connectivity index (χ2n) is 5.71. The minimum Gasteiger partial charge on any atom is -0.480 e. The Morgan fingerprint density at radius 2 is 1.92 bits per heavy atom. The first-order valence-electron chi connectivity index (χ1n) is 7.71. The summed E-state index contributed by atoms with van der Waals surface area (Å²) in [6.07, 6.45) is 0. The number of nitrogens with one attached hydrogen (secondary N) is 1. The number of hydrogen-bond donors (Lipinski definition) is 2. The highest BCUT2D eigenvalue weighted by Gasteiger charge is 2.24. The molecule has 0 bridgehead atoms. The van der Waals surface area contributed by atoms with Gasteiger partial charge >= 0.3 is 12.0 Å². The topological polar surface area (TPSA) is 119 Å². The molecule has 2 N–H and O–H groups in total.